The molecule has 0 aromatic heterocycles. The minimum atomic E-state index is -0.185. The number of amides is 1. The Hall–Kier alpha value is -2.40. The number of likely N-dealkylation sites (tertiary alicyclic amines) is 1. The van der Waals surface area contributed by atoms with Crippen LogP contribution in [0.5, 0.6) is 0 Å². The number of carbonyl (C=O) groups is 1. The van der Waals surface area contributed by atoms with Crippen LogP contribution in [0.2, 0.25) is 0 Å². The molecule has 2 aliphatic heterocycles. The molecule has 0 saturated carbocycles. The molecule has 2 heterocycles. The van der Waals surface area contributed by atoms with E-state index in [2.05, 4.69) is 30.3 Å². The summed E-state index contributed by atoms with van der Waals surface area (Å²) in [5, 5.41) is 0. The van der Waals surface area contributed by atoms with Crippen molar-refractivity contribution in [3.63, 3.8) is 0 Å². The first-order valence-corrected chi connectivity index (χ1v) is 10.8. The molecule has 0 atom stereocenters. The van der Waals surface area contributed by atoms with Crippen molar-refractivity contribution in [1.82, 2.24) is 4.90 Å². The van der Waals surface area contributed by atoms with E-state index in [4.69, 9.17) is 0 Å². The van der Waals surface area contributed by atoms with Gasteiger partial charge in [-0.3, -0.25) is 4.79 Å². The molecular weight excluding hydrogens is 365 g/mol. The van der Waals surface area contributed by atoms with Crippen LogP contribution < -0.4 is 9.80 Å². The summed E-state index contributed by atoms with van der Waals surface area (Å²) in [5.41, 5.74) is 2.07. The van der Waals surface area contributed by atoms with E-state index in [0.717, 1.165) is 25.4 Å². The Kier molecular flexibility index (Phi) is 6.45. The highest BCUT2D eigenvalue weighted by molar-refractivity contribution is 5.77. The van der Waals surface area contributed by atoms with Gasteiger partial charge in [-0.1, -0.05) is 42.5 Å². The molecule has 0 aliphatic carbocycles. The second kappa shape index (κ2) is 9.40. The Labute approximate surface area is 172 Å². The van der Waals surface area contributed by atoms with Gasteiger partial charge in [0.1, 0.15) is 5.82 Å². The van der Waals surface area contributed by atoms with Crippen LogP contribution in [0.25, 0.3) is 0 Å². The zero-order valence-electron chi connectivity index (χ0n) is 17.0. The maximum Gasteiger partial charge on any atom is 0.277 e. The Morgan fingerprint density at radius 3 is 2.28 bits per heavy atom. The fraction of sp³-hybridized carbons (Fsp3) is 0.458. The minimum Gasteiger partial charge on any atom is -0.366 e. The molecule has 4 nitrogen and oxygen atoms in total. The number of piperidine rings is 1. The maximum absolute atomic E-state index is 14.0. The molecule has 154 valence electrons. The largest absolute Gasteiger partial charge is 0.366 e. The topological polar surface area (TPSA) is 28.0 Å². The number of nitrogens with zero attached hydrogens (tertiary/aromatic N) is 2. The van der Waals surface area contributed by atoms with Crippen molar-refractivity contribution in [3.8, 4) is 0 Å². The van der Waals surface area contributed by atoms with Crippen LogP contribution in [-0.2, 0) is 11.2 Å². The summed E-state index contributed by atoms with van der Waals surface area (Å²) in [6.07, 6.45) is 3.54. The van der Waals surface area contributed by atoms with Gasteiger partial charge in [-0.05, 0) is 42.9 Å². The quantitative estimate of drug-likeness (QED) is 0.838. The van der Waals surface area contributed by atoms with Gasteiger partial charge >= 0.3 is 0 Å². The molecule has 0 spiro atoms. The molecule has 0 bridgehead atoms. The number of hydrogen-bond donors (Lipinski definition) is 1. The molecule has 2 saturated heterocycles. The second-order valence-electron chi connectivity index (χ2n) is 8.38. The predicted octanol–water partition coefficient (Wildman–Crippen LogP) is 2.01. The molecule has 29 heavy (non-hydrogen) atoms. The third-order valence-electron chi connectivity index (χ3n) is 6.41. The van der Waals surface area contributed by atoms with Crippen molar-refractivity contribution in [2.45, 2.75) is 19.3 Å². The van der Waals surface area contributed by atoms with E-state index in [1.54, 1.807) is 6.07 Å². The molecule has 1 N–H and O–H groups in total. The lowest BCUT2D eigenvalue weighted by Gasteiger charge is -2.37. The van der Waals surface area contributed by atoms with E-state index in [9.17, 15) is 9.18 Å². The maximum atomic E-state index is 14.0. The van der Waals surface area contributed by atoms with Gasteiger partial charge in [0.25, 0.3) is 5.91 Å². The van der Waals surface area contributed by atoms with Crippen molar-refractivity contribution >= 4 is 11.6 Å². The van der Waals surface area contributed by atoms with Crippen molar-refractivity contribution in [2.75, 3.05) is 50.7 Å². The third kappa shape index (κ3) is 5.15. The summed E-state index contributed by atoms with van der Waals surface area (Å²) in [6.45, 7) is 5.51. The van der Waals surface area contributed by atoms with E-state index in [0.29, 0.717) is 38.4 Å². The number of para-hydroxylation sites is 1. The lowest BCUT2D eigenvalue weighted by Crippen LogP contribution is -3.14. The molecular formula is C24H31FN3O+. The van der Waals surface area contributed by atoms with Gasteiger partial charge in [0, 0.05) is 26.2 Å². The van der Waals surface area contributed by atoms with Crippen molar-refractivity contribution in [1.29, 1.82) is 0 Å². The fourth-order valence-corrected chi connectivity index (χ4v) is 4.64. The molecule has 1 amide bonds. The average molecular weight is 397 g/mol. The Morgan fingerprint density at radius 2 is 1.59 bits per heavy atom. The summed E-state index contributed by atoms with van der Waals surface area (Å²) in [4.78, 5) is 18.2. The Morgan fingerprint density at radius 1 is 0.931 bits per heavy atom. The minimum absolute atomic E-state index is 0.185. The molecule has 5 heteroatoms. The first-order chi connectivity index (χ1) is 14.2. The first kappa shape index (κ1) is 19.9. The number of quaternary nitrogens is 1. The number of piperazine rings is 1. The standard InChI is InChI=1S/C24H30FN3O/c25-22-8-4-5-9-23(22)27-14-16-28(17-15-27)24(29)19-26-12-10-21(11-13-26)18-20-6-2-1-3-7-20/h1-9,21H,10-19H2/p+1. The number of anilines is 1. The average Bonchev–Trinajstić information content (AvgIpc) is 2.76. The number of carbonyl (C=O) groups excluding carboxylic acids is 1. The van der Waals surface area contributed by atoms with Crippen LogP contribution in [0.3, 0.4) is 0 Å². The van der Waals surface area contributed by atoms with Crippen molar-refractivity contribution in [3.05, 3.63) is 66.0 Å². The Balaban J connectivity index is 1.20. The van der Waals surface area contributed by atoms with Crippen LogP contribution in [0.15, 0.2) is 54.6 Å². The zero-order valence-corrected chi connectivity index (χ0v) is 17.0. The first-order valence-electron chi connectivity index (χ1n) is 10.8. The zero-order chi connectivity index (χ0) is 20.1. The number of hydrogen-bond acceptors (Lipinski definition) is 2. The van der Waals surface area contributed by atoms with E-state index in [1.165, 1.54) is 29.4 Å². The van der Waals surface area contributed by atoms with E-state index in [1.807, 2.05) is 21.9 Å². The highest BCUT2D eigenvalue weighted by Crippen LogP contribution is 2.20. The summed E-state index contributed by atoms with van der Waals surface area (Å²) >= 11 is 0. The van der Waals surface area contributed by atoms with Gasteiger partial charge in [-0.2, -0.15) is 0 Å². The summed E-state index contributed by atoms with van der Waals surface area (Å²) < 4.78 is 14.0. The van der Waals surface area contributed by atoms with Crippen LogP contribution in [0.4, 0.5) is 10.1 Å². The summed E-state index contributed by atoms with van der Waals surface area (Å²) in [5.74, 6) is 0.797. The third-order valence-corrected chi connectivity index (χ3v) is 6.41. The van der Waals surface area contributed by atoms with Gasteiger partial charge in [-0.25, -0.2) is 4.39 Å². The molecule has 2 aliphatic rings. The number of benzene rings is 2. The van der Waals surface area contributed by atoms with Gasteiger partial charge in [0.2, 0.25) is 0 Å². The van der Waals surface area contributed by atoms with Crippen LogP contribution in [0, 0.1) is 11.7 Å². The molecule has 0 radical (unpaired) electrons. The lowest BCUT2D eigenvalue weighted by atomic mass is 9.90. The van der Waals surface area contributed by atoms with Gasteiger partial charge in [0.05, 0.1) is 18.8 Å². The SMILES string of the molecule is O=C(C[NH+]1CCC(Cc2ccccc2)CC1)N1CCN(c2ccccc2F)CC1. The van der Waals surface area contributed by atoms with Crippen molar-refractivity contribution < 1.29 is 14.1 Å². The molecule has 4 rings (SSSR count). The fourth-order valence-electron chi connectivity index (χ4n) is 4.64. The predicted molar refractivity (Wildman–Crippen MR) is 114 cm³/mol. The van der Waals surface area contributed by atoms with Crippen LogP contribution in [-0.4, -0.2) is 56.6 Å². The summed E-state index contributed by atoms with van der Waals surface area (Å²) in [6, 6.07) is 17.6. The van der Waals surface area contributed by atoms with Gasteiger partial charge < -0.3 is 14.7 Å². The van der Waals surface area contributed by atoms with Gasteiger partial charge in [0.15, 0.2) is 6.54 Å². The highest BCUT2D eigenvalue weighted by atomic mass is 19.1. The van der Waals surface area contributed by atoms with Crippen molar-refractivity contribution in [2.24, 2.45) is 5.92 Å². The molecule has 2 aromatic rings. The molecule has 2 aromatic carbocycles. The number of rotatable bonds is 5. The molecule has 2 fully saturated rings. The van der Waals surface area contributed by atoms with E-state index < -0.39 is 0 Å². The van der Waals surface area contributed by atoms with E-state index >= 15 is 0 Å². The highest BCUT2D eigenvalue weighted by Gasteiger charge is 2.28. The van der Waals surface area contributed by atoms with E-state index in [-0.39, 0.29) is 11.7 Å². The lowest BCUT2D eigenvalue weighted by molar-refractivity contribution is -0.898. The summed E-state index contributed by atoms with van der Waals surface area (Å²) in [7, 11) is 0. The number of halogens is 1. The molecule has 0 unspecified atom stereocenters. The monoisotopic (exact) mass is 396 g/mol. The normalized spacial score (nSPS) is 22.5. The Bertz CT molecular complexity index is 797. The van der Waals surface area contributed by atoms with Crippen LogP contribution in [0.1, 0.15) is 18.4 Å². The van der Waals surface area contributed by atoms with Crippen LogP contribution >= 0.6 is 0 Å². The second-order valence-corrected chi connectivity index (χ2v) is 8.38. The van der Waals surface area contributed by atoms with Gasteiger partial charge in [-0.15, -0.1) is 0 Å². The smallest absolute Gasteiger partial charge is 0.277 e. The number of nitrogens with one attached hydrogen (secondary N) is 1.